The molecule has 1 unspecified atom stereocenters. The molecule has 2 aromatic rings. The van der Waals surface area contributed by atoms with Gasteiger partial charge >= 0.3 is 0 Å². The van der Waals surface area contributed by atoms with Gasteiger partial charge < -0.3 is 5.73 Å². The summed E-state index contributed by atoms with van der Waals surface area (Å²) in [6, 6.07) is 16.0. The average molecular weight is 246 g/mol. The lowest BCUT2D eigenvalue weighted by atomic mass is 9.97. The first-order valence-corrected chi connectivity index (χ1v) is 6.11. The summed E-state index contributed by atoms with van der Waals surface area (Å²) in [6.45, 7) is 2.11. The predicted octanol–water partition coefficient (Wildman–Crippen LogP) is 3.89. The molecule has 0 fully saturated rings. The smallest absolute Gasteiger partial charge is 0.0453 e. The molecular formula is C15H16ClN. The molecule has 2 heteroatoms. The molecule has 2 rings (SSSR count). The zero-order chi connectivity index (χ0) is 12.3. The third kappa shape index (κ3) is 2.87. The van der Waals surface area contributed by atoms with Gasteiger partial charge in [0.1, 0.15) is 0 Å². The molecule has 88 valence electrons. The highest BCUT2D eigenvalue weighted by Gasteiger charge is 2.11. The van der Waals surface area contributed by atoms with E-state index in [0.717, 1.165) is 17.0 Å². The van der Waals surface area contributed by atoms with Crippen LogP contribution >= 0.6 is 11.6 Å². The highest BCUT2D eigenvalue weighted by atomic mass is 35.5. The van der Waals surface area contributed by atoms with Gasteiger partial charge in [-0.25, -0.2) is 0 Å². The van der Waals surface area contributed by atoms with Gasteiger partial charge in [0.15, 0.2) is 0 Å². The summed E-state index contributed by atoms with van der Waals surface area (Å²) in [7, 11) is 0. The second-order valence-electron chi connectivity index (χ2n) is 4.26. The molecule has 17 heavy (non-hydrogen) atoms. The van der Waals surface area contributed by atoms with Crippen LogP contribution in [0.1, 0.15) is 22.7 Å². The van der Waals surface area contributed by atoms with Crippen molar-refractivity contribution in [3.8, 4) is 0 Å². The number of halogens is 1. The molecule has 0 aromatic heterocycles. The van der Waals surface area contributed by atoms with Crippen molar-refractivity contribution < 1.29 is 0 Å². The summed E-state index contributed by atoms with van der Waals surface area (Å²) in [6.07, 6.45) is 0.816. The van der Waals surface area contributed by atoms with Crippen LogP contribution in [0.3, 0.4) is 0 Å². The van der Waals surface area contributed by atoms with E-state index >= 15 is 0 Å². The summed E-state index contributed by atoms with van der Waals surface area (Å²) in [5.41, 5.74) is 9.77. The fraction of sp³-hybridized carbons (Fsp3) is 0.200. The quantitative estimate of drug-likeness (QED) is 0.872. The van der Waals surface area contributed by atoms with Crippen molar-refractivity contribution in [1.29, 1.82) is 0 Å². The molecule has 0 aliphatic heterocycles. The Labute approximate surface area is 107 Å². The van der Waals surface area contributed by atoms with E-state index in [0.29, 0.717) is 0 Å². The lowest BCUT2D eigenvalue weighted by Gasteiger charge is -2.15. The number of benzene rings is 2. The molecule has 0 saturated heterocycles. The molecular weight excluding hydrogens is 230 g/mol. The molecule has 0 bridgehead atoms. The Hall–Kier alpha value is -1.31. The van der Waals surface area contributed by atoms with Crippen molar-refractivity contribution in [3.05, 3.63) is 70.2 Å². The lowest BCUT2D eigenvalue weighted by Crippen LogP contribution is -2.14. The van der Waals surface area contributed by atoms with Crippen LogP contribution in [-0.2, 0) is 6.42 Å². The van der Waals surface area contributed by atoms with Crippen molar-refractivity contribution >= 4 is 11.6 Å². The Morgan fingerprint density at radius 3 is 2.41 bits per heavy atom. The van der Waals surface area contributed by atoms with Crippen LogP contribution in [-0.4, -0.2) is 0 Å². The molecule has 0 aliphatic carbocycles. The summed E-state index contributed by atoms with van der Waals surface area (Å²) < 4.78 is 0. The van der Waals surface area contributed by atoms with Crippen LogP contribution in [0.15, 0.2) is 48.5 Å². The first-order chi connectivity index (χ1) is 8.18. The maximum Gasteiger partial charge on any atom is 0.0453 e. The zero-order valence-corrected chi connectivity index (χ0v) is 10.6. The van der Waals surface area contributed by atoms with Crippen LogP contribution in [0.5, 0.6) is 0 Å². The molecule has 0 aliphatic rings. The first kappa shape index (κ1) is 12.2. The van der Waals surface area contributed by atoms with E-state index < -0.39 is 0 Å². The summed E-state index contributed by atoms with van der Waals surface area (Å²) in [5.74, 6) is 0. The van der Waals surface area contributed by atoms with Gasteiger partial charge in [-0.05, 0) is 36.1 Å². The van der Waals surface area contributed by atoms with Crippen molar-refractivity contribution in [2.24, 2.45) is 5.73 Å². The van der Waals surface area contributed by atoms with Gasteiger partial charge in [0.25, 0.3) is 0 Å². The molecule has 2 aromatic carbocycles. The van der Waals surface area contributed by atoms with Crippen LogP contribution in [0.2, 0.25) is 5.02 Å². The van der Waals surface area contributed by atoms with Gasteiger partial charge in [-0.1, -0.05) is 54.1 Å². The van der Waals surface area contributed by atoms with E-state index in [1.54, 1.807) is 0 Å². The molecule has 1 atom stereocenters. The van der Waals surface area contributed by atoms with E-state index in [2.05, 4.69) is 19.1 Å². The van der Waals surface area contributed by atoms with E-state index in [-0.39, 0.29) is 6.04 Å². The van der Waals surface area contributed by atoms with E-state index in [1.165, 1.54) is 11.1 Å². The summed E-state index contributed by atoms with van der Waals surface area (Å²) in [4.78, 5) is 0. The Kier molecular flexibility index (Phi) is 3.82. The minimum atomic E-state index is -0.0511. The molecule has 0 amide bonds. The number of aryl methyl sites for hydroxylation is 1. The van der Waals surface area contributed by atoms with Crippen LogP contribution < -0.4 is 5.73 Å². The SMILES string of the molecule is Cc1ccccc1CC(N)c1ccccc1Cl. The normalized spacial score (nSPS) is 12.4. The highest BCUT2D eigenvalue weighted by molar-refractivity contribution is 6.31. The largest absolute Gasteiger partial charge is 0.324 e. The van der Waals surface area contributed by atoms with Gasteiger partial charge in [-0.15, -0.1) is 0 Å². The molecule has 0 heterocycles. The topological polar surface area (TPSA) is 26.0 Å². The molecule has 0 saturated carbocycles. The van der Waals surface area contributed by atoms with Crippen molar-refractivity contribution in [2.75, 3.05) is 0 Å². The van der Waals surface area contributed by atoms with Crippen molar-refractivity contribution in [1.82, 2.24) is 0 Å². The number of hydrogen-bond acceptors (Lipinski definition) is 1. The van der Waals surface area contributed by atoms with E-state index in [1.807, 2.05) is 36.4 Å². The number of hydrogen-bond donors (Lipinski definition) is 1. The Morgan fingerprint density at radius 2 is 1.71 bits per heavy atom. The predicted molar refractivity (Wildman–Crippen MR) is 73.3 cm³/mol. The Balaban J connectivity index is 2.20. The molecule has 1 nitrogen and oxygen atoms in total. The maximum atomic E-state index is 6.21. The summed E-state index contributed by atoms with van der Waals surface area (Å²) in [5, 5.41) is 0.744. The summed E-state index contributed by atoms with van der Waals surface area (Å²) >= 11 is 6.15. The second-order valence-corrected chi connectivity index (χ2v) is 4.67. The van der Waals surface area contributed by atoms with Crippen molar-refractivity contribution in [2.45, 2.75) is 19.4 Å². The van der Waals surface area contributed by atoms with Crippen molar-refractivity contribution in [3.63, 3.8) is 0 Å². The minimum Gasteiger partial charge on any atom is -0.324 e. The second kappa shape index (κ2) is 5.35. The highest BCUT2D eigenvalue weighted by Crippen LogP contribution is 2.24. The molecule has 0 radical (unpaired) electrons. The minimum absolute atomic E-state index is 0.0511. The first-order valence-electron chi connectivity index (χ1n) is 5.73. The van der Waals surface area contributed by atoms with Crippen LogP contribution in [0, 0.1) is 6.92 Å². The third-order valence-corrected chi connectivity index (χ3v) is 3.35. The van der Waals surface area contributed by atoms with Gasteiger partial charge in [0.2, 0.25) is 0 Å². The van der Waals surface area contributed by atoms with E-state index in [9.17, 15) is 0 Å². The van der Waals surface area contributed by atoms with Gasteiger partial charge in [0, 0.05) is 11.1 Å². The fourth-order valence-corrected chi connectivity index (χ4v) is 2.24. The monoisotopic (exact) mass is 245 g/mol. The number of rotatable bonds is 3. The zero-order valence-electron chi connectivity index (χ0n) is 9.86. The molecule has 2 N–H and O–H groups in total. The lowest BCUT2D eigenvalue weighted by molar-refractivity contribution is 0.719. The molecule has 0 spiro atoms. The third-order valence-electron chi connectivity index (χ3n) is 3.01. The van der Waals surface area contributed by atoms with Crippen LogP contribution in [0.25, 0.3) is 0 Å². The Bertz CT molecular complexity index is 508. The van der Waals surface area contributed by atoms with Gasteiger partial charge in [-0.2, -0.15) is 0 Å². The average Bonchev–Trinajstić information content (AvgIpc) is 2.32. The number of nitrogens with two attached hydrogens (primary N) is 1. The van der Waals surface area contributed by atoms with E-state index in [4.69, 9.17) is 17.3 Å². The maximum absolute atomic E-state index is 6.21. The van der Waals surface area contributed by atoms with Gasteiger partial charge in [0.05, 0.1) is 0 Å². The van der Waals surface area contributed by atoms with Crippen LogP contribution in [0.4, 0.5) is 0 Å². The Morgan fingerprint density at radius 1 is 1.06 bits per heavy atom. The fourth-order valence-electron chi connectivity index (χ4n) is 1.96. The van der Waals surface area contributed by atoms with Gasteiger partial charge in [-0.3, -0.25) is 0 Å². The standard InChI is InChI=1S/C15H16ClN/c1-11-6-2-3-7-12(11)10-15(17)13-8-4-5-9-14(13)16/h2-9,15H,10,17H2,1H3.